The van der Waals surface area contributed by atoms with Gasteiger partial charge in [-0.2, -0.15) is 0 Å². The number of nitrogens with two attached hydrogens (primary N) is 1. The minimum atomic E-state index is 0.297. The second-order valence-corrected chi connectivity index (χ2v) is 3.80. The Hall–Kier alpha value is -0.960. The van der Waals surface area contributed by atoms with E-state index < -0.39 is 0 Å². The summed E-state index contributed by atoms with van der Waals surface area (Å²) in [4.78, 5) is 4.33. The molecule has 62 valence electrons. The predicted molar refractivity (Wildman–Crippen MR) is 54.5 cm³/mol. The van der Waals surface area contributed by atoms with Gasteiger partial charge in [0.1, 0.15) is 5.37 Å². The molecule has 0 bridgehead atoms. The van der Waals surface area contributed by atoms with Crippen LogP contribution >= 0.6 is 11.8 Å². The number of hydrogen-bond donors (Lipinski definition) is 1. The van der Waals surface area contributed by atoms with E-state index in [-0.39, 0.29) is 0 Å². The van der Waals surface area contributed by atoms with E-state index in [9.17, 15) is 0 Å². The second kappa shape index (κ2) is 3.19. The molecule has 2 rings (SSSR count). The summed E-state index contributed by atoms with van der Waals surface area (Å²) < 4.78 is 0. The van der Waals surface area contributed by atoms with Crippen molar-refractivity contribution in [1.29, 1.82) is 0 Å². The summed E-state index contributed by atoms with van der Waals surface area (Å²) in [6.07, 6.45) is 1.96. The number of thioether (sulfide) groups is 1. The smallest absolute Gasteiger partial charge is 0.120 e. The number of aliphatic imine (C=N–C) groups is 1. The lowest BCUT2D eigenvalue weighted by Gasteiger charge is -2.05. The average Bonchev–Trinajstić information content (AvgIpc) is 2.58. The van der Waals surface area contributed by atoms with Gasteiger partial charge in [0.2, 0.25) is 0 Å². The number of nitrogens with zero attached hydrogens (tertiary/aromatic N) is 1. The molecule has 3 heteroatoms. The van der Waals surface area contributed by atoms with Gasteiger partial charge in [-0.25, -0.2) is 0 Å². The molecule has 0 aliphatic carbocycles. The van der Waals surface area contributed by atoms with Crippen LogP contribution in [-0.4, -0.2) is 12.0 Å². The van der Waals surface area contributed by atoms with Gasteiger partial charge in [0.15, 0.2) is 0 Å². The van der Waals surface area contributed by atoms with Crippen LogP contribution in [-0.2, 0) is 0 Å². The van der Waals surface area contributed by atoms with Gasteiger partial charge in [-0.1, -0.05) is 12.1 Å². The van der Waals surface area contributed by atoms with E-state index in [1.807, 2.05) is 42.2 Å². The van der Waals surface area contributed by atoms with Crippen LogP contribution in [0.5, 0.6) is 0 Å². The van der Waals surface area contributed by atoms with Crippen LogP contribution in [0.15, 0.2) is 29.3 Å². The lowest BCUT2D eigenvalue weighted by molar-refractivity contribution is 1.06. The molecule has 0 fully saturated rings. The zero-order chi connectivity index (χ0) is 8.39. The molecule has 2 nitrogen and oxygen atoms in total. The van der Waals surface area contributed by atoms with Crippen LogP contribution < -0.4 is 5.73 Å². The fourth-order valence-electron chi connectivity index (χ4n) is 1.16. The Kier molecular flexibility index (Phi) is 2.04. The van der Waals surface area contributed by atoms with Crippen molar-refractivity contribution in [2.24, 2.45) is 4.99 Å². The van der Waals surface area contributed by atoms with E-state index in [0.717, 1.165) is 11.4 Å². The van der Waals surface area contributed by atoms with Crippen LogP contribution in [0.2, 0.25) is 0 Å². The maximum atomic E-state index is 5.58. The van der Waals surface area contributed by atoms with E-state index >= 15 is 0 Å². The summed E-state index contributed by atoms with van der Waals surface area (Å²) >= 11 is 1.84. The van der Waals surface area contributed by atoms with Crippen LogP contribution in [0.25, 0.3) is 0 Å². The molecule has 12 heavy (non-hydrogen) atoms. The molecular weight excluding hydrogens is 168 g/mol. The van der Waals surface area contributed by atoms with Crippen LogP contribution in [0, 0.1) is 0 Å². The van der Waals surface area contributed by atoms with Gasteiger partial charge in [0.05, 0.1) is 0 Å². The van der Waals surface area contributed by atoms with Gasteiger partial charge in [0, 0.05) is 17.7 Å². The highest BCUT2D eigenvalue weighted by molar-refractivity contribution is 8.00. The first-order valence-electron chi connectivity index (χ1n) is 3.85. The van der Waals surface area contributed by atoms with Crippen LogP contribution in [0.3, 0.4) is 0 Å². The number of nitrogen functional groups attached to an aromatic ring is 1. The minimum absolute atomic E-state index is 0.297. The molecule has 2 N–H and O–H groups in total. The molecule has 1 aromatic carbocycles. The van der Waals surface area contributed by atoms with Gasteiger partial charge in [-0.3, -0.25) is 4.99 Å². The number of rotatable bonds is 1. The monoisotopic (exact) mass is 178 g/mol. The van der Waals surface area contributed by atoms with Crippen molar-refractivity contribution in [2.45, 2.75) is 5.37 Å². The Balaban J connectivity index is 2.23. The summed E-state index contributed by atoms with van der Waals surface area (Å²) in [5.74, 6) is 1.02. The van der Waals surface area contributed by atoms with Crippen molar-refractivity contribution in [2.75, 3.05) is 11.5 Å². The molecule has 0 saturated heterocycles. The molecule has 0 radical (unpaired) electrons. The first-order valence-corrected chi connectivity index (χ1v) is 4.90. The van der Waals surface area contributed by atoms with Crippen molar-refractivity contribution < 1.29 is 0 Å². The Morgan fingerprint density at radius 2 is 2.08 bits per heavy atom. The molecule has 0 saturated carbocycles. The predicted octanol–water partition coefficient (Wildman–Crippen LogP) is 2.08. The largest absolute Gasteiger partial charge is 0.399 e. The van der Waals surface area contributed by atoms with Gasteiger partial charge in [-0.15, -0.1) is 11.8 Å². The minimum Gasteiger partial charge on any atom is -0.399 e. The van der Waals surface area contributed by atoms with Crippen molar-refractivity contribution >= 4 is 23.7 Å². The molecule has 1 aromatic rings. The average molecular weight is 178 g/mol. The zero-order valence-electron chi connectivity index (χ0n) is 6.60. The highest BCUT2D eigenvalue weighted by atomic mass is 32.2. The summed E-state index contributed by atoms with van der Waals surface area (Å²) in [7, 11) is 0. The van der Waals surface area contributed by atoms with Crippen LogP contribution in [0.4, 0.5) is 5.69 Å². The molecule has 1 unspecified atom stereocenters. The highest BCUT2D eigenvalue weighted by Gasteiger charge is 2.12. The summed E-state index contributed by atoms with van der Waals surface area (Å²) in [6, 6.07) is 7.92. The topological polar surface area (TPSA) is 38.4 Å². The maximum Gasteiger partial charge on any atom is 0.120 e. The van der Waals surface area contributed by atoms with E-state index in [0.29, 0.717) is 5.37 Å². The summed E-state index contributed by atoms with van der Waals surface area (Å²) in [5.41, 5.74) is 7.63. The highest BCUT2D eigenvalue weighted by Crippen LogP contribution is 2.33. The third-order valence-electron chi connectivity index (χ3n) is 1.79. The molecule has 1 aliphatic rings. The zero-order valence-corrected chi connectivity index (χ0v) is 7.42. The van der Waals surface area contributed by atoms with E-state index in [1.165, 1.54) is 5.56 Å². The molecule has 1 heterocycles. The first kappa shape index (κ1) is 7.68. The maximum absolute atomic E-state index is 5.58. The standard InChI is InChI=1S/C9H10N2S/c10-8-3-1-7(2-4-8)9-11-5-6-12-9/h1-5,9H,6,10H2. The van der Waals surface area contributed by atoms with Gasteiger partial charge >= 0.3 is 0 Å². The quantitative estimate of drug-likeness (QED) is 0.669. The molecular formula is C9H10N2S. The van der Waals surface area contributed by atoms with Gasteiger partial charge < -0.3 is 5.73 Å². The lowest BCUT2D eigenvalue weighted by atomic mass is 10.2. The summed E-state index contributed by atoms with van der Waals surface area (Å²) in [6.45, 7) is 0. The van der Waals surface area contributed by atoms with Crippen molar-refractivity contribution in [3.8, 4) is 0 Å². The SMILES string of the molecule is Nc1ccc(C2N=CCS2)cc1. The number of anilines is 1. The Morgan fingerprint density at radius 1 is 1.33 bits per heavy atom. The third kappa shape index (κ3) is 1.46. The Labute approximate surface area is 75.9 Å². The summed E-state index contributed by atoms with van der Waals surface area (Å²) in [5, 5.41) is 0.297. The van der Waals surface area contributed by atoms with Crippen molar-refractivity contribution in [1.82, 2.24) is 0 Å². The van der Waals surface area contributed by atoms with Gasteiger partial charge in [-0.05, 0) is 17.7 Å². The van der Waals surface area contributed by atoms with Crippen molar-refractivity contribution in [3.05, 3.63) is 29.8 Å². The number of benzene rings is 1. The normalized spacial score (nSPS) is 21.5. The van der Waals surface area contributed by atoms with E-state index in [1.54, 1.807) is 0 Å². The lowest BCUT2D eigenvalue weighted by Crippen LogP contribution is -1.88. The Bertz CT molecular complexity index is 292. The molecule has 0 spiro atoms. The molecule has 1 atom stereocenters. The first-order chi connectivity index (χ1) is 5.86. The molecule has 0 amide bonds. The molecule has 1 aliphatic heterocycles. The second-order valence-electron chi connectivity index (χ2n) is 2.68. The third-order valence-corrected chi connectivity index (χ3v) is 2.84. The van der Waals surface area contributed by atoms with Gasteiger partial charge in [0.25, 0.3) is 0 Å². The van der Waals surface area contributed by atoms with E-state index in [4.69, 9.17) is 5.73 Å². The molecule has 0 aromatic heterocycles. The fraction of sp³-hybridized carbons (Fsp3) is 0.222. The Morgan fingerprint density at radius 3 is 2.67 bits per heavy atom. The van der Waals surface area contributed by atoms with E-state index in [2.05, 4.69) is 4.99 Å². The van der Waals surface area contributed by atoms with Crippen molar-refractivity contribution in [3.63, 3.8) is 0 Å². The van der Waals surface area contributed by atoms with Crippen LogP contribution in [0.1, 0.15) is 10.9 Å². The number of hydrogen-bond acceptors (Lipinski definition) is 3. The fourth-order valence-corrected chi connectivity index (χ4v) is 2.04.